The quantitative estimate of drug-likeness (QED) is 0.205. The van der Waals surface area contributed by atoms with Crippen LogP contribution in [0.2, 0.25) is 0 Å². The summed E-state index contributed by atoms with van der Waals surface area (Å²) in [6, 6.07) is 7.51. The summed E-state index contributed by atoms with van der Waals surface area (Å²) < 4.78 is 4.51. The molecule has 0 amide bonds. The Bertz CT molecular complexity index is 476. The average Bonchev–Trinajstić information content (AvgIpc) is 2.38. The molecule has 0 saturated carbocycles. The number of methoxy groups -OCH3 is 1. The van der Waals surface area contributed by atoms with Gasteiger partial charge in [0.05, 0.1) is 7.11 Å². The predicted octanol–water partition coefficient (Wildman–Crippen LogP) is 3.23. The summed E-state index contributed by atoms with van der Waals surface area (Å²) in [7, 11) is 1.24. The molecule has 0 bridgehead atoms. The fourth-order valence-electron chi connectivity index (χ4n) is 1.14. The third-order valence-electron chi connectivity index (χ3n) is 1.97. The highest BCUT2D eigenvalue weighted by Gasteiger charge is 2.06. The van der Waals surface area contributed by atoms with Crippen LogP contribution in [0.25, 0.3) is 16.5 Å². The third kappa shape index (κ3) is 3.86. The first-order valence-electron chi connectivity index (χ1n) is 4.70. The summed E-state index contributed by atoms with van der Waals surface area (Å²) in [4.78, 5) is 15.0. The number of nitrogens with zero attached hydrogens (tertiary/aromatic N) is 3. The second-order valence-electron chi connectivity index (χ2n) is 2.98. The maximum atomic E-state index is 11.3. The molecular formula is C11H11N3O2S. The monoisotopic (exact) mass is 249 g/mol. The molecule has 0 aliphatic rings. The van der Waals surface area contributed by atoms with Crippen molar-refractivity contribution < 1.29 is 9.53 Å². The van der Waals surface area contributed by atoms with Crippen LogP contribution in [-0.2, 0) is 9.53 Å². The Morgan fingerprint density at radius 3 is 2.59 bits per heavy atom. The van der Waals surface area contributed by atoms with Crippen LogP contribution in [0.5, 0.6) is 0 Å². The van der Waals surface area contributed by atoms with E-state index in [0.717, 1.165) is 10.5 Å². The summed E-state index contributed by atoms with van der Waals surface area (Å²) in [5, 5.41) is 3.29. The first kappa shape index (κ1) is 13.2. The number of carbonyl (C=O) groups is 1. The van der Waals surface area contributed by atoms with Crippen molar-refractivity contribution in [2.75, 3.05) is 13.4 Å². The number of hydrogen-bond acceptors (Lipinski definition) is 4. The van der Waals surface area contributed by atoms with Crippen LogP contribution < -0.4 is 0 Å². The van der Waals surface area contributed by atoms with E-state index in [9.17, 15) is 4.79 Å². The van der Waals surface area contributed by atoms with Gasteiger partial charge in [-0.3, -0.25) is 0 Å². The largest absolute Gasteiger partial charge is 0.466 e. The number of rotatable bonds is 4. The van der Waals surface area contributed by atoms with Gasteiger partial charge < -0.3 is 4.74 Å². The van der Waals surface area contributed by atoms with Crippen LogP contribution in [0.3, 0.4) is 0 Å². The highest BCUT2D eigenvalue weighted by atomic mass is 32.2. The molecule has 1 rings (SSSR count). The van der Waals surface area contributed by atoms with Crippen LogP contribution in [0.4, 0.5) is 0 Å². The molecule has 0 unspecified atom stereocenters. The maximum Gasteiger partial charge on any atom is 0.340 e. The first-order valence-corrected chi connectivity index (χ1v) is 5.93. The molecule has 0 heterocycles. The first-order chi connectivity index (χ1) is 8.21. The standard InChI is InChI=1S/C11H11N3O2S/c1-16-11(15)10(13-14-12)7-8-3-5-9(17-2)6-4-8/h3-7H,1-2H3/b10-7-. The molecule has 0 aromatic heterocycles. The van der Waals surface area contributed by atoms with Gasteiger partial charge in [-0.2, -0.15) is 0 Å². The van der Waals surface area contributed by atoms with Gasteiger partial charge in [0.1, 0.15) is 5.70 Å². The van der Waals surface area contributed by atoms with Gasteiger partial charge in [0.15, 0.2) is 0 Å². The molecule has 0 fully saturated rings. The Balaban J connectivity index is 3.03. The van der Waals surface area contributed by atoms with Gasteiger partial charge in [0.2, 0.25) is 0 Å². The van der Waals surface area contributed by atoms with Gasteiger partial charge in [-0.05, 0) is 35.6 Å². The molecule has 1 aromatic rings. The lowest BCUT2D eigenvalue weighted by atomic mass is 10.2. The molecule has 5 nitrogen and oxygen atoms in total. The van der Waals surface area contributed by atoms with Gasteiger partial charge >= 0.3 is 5.97 Å². The fourth-order valence-corrected chi connectivity index (χ4v) is 1.55. The van der Waals surface area contributed by atoms with Crippen LogP contribution in [0, 0.1) is 0 Å². The molecule has 0 aliphatic heterocycles. The van der Waals surface area contributed by atoms with Gasteiger partial charge in [0, 0.05) is 9.81 Å². The van der Waals surface area contributed by atoms with E-state index in [2.05, 4.69) is 14.8 Å². The van der Waals surface area contributed by atoms with E-state index in [1.807, 2.05) is 30.5 Å². The van der Waals surface area contributed by atoms with Crippen molar-refractivity contribution in [1.29, 1.82) is 0 Å². The lowest BCUT2D eigenvalue weighted by molar-refractivity contribution is -0.136. The zero-order valence-corrected chi connectivity index (χ0v) is 10.3. The lowest BCUT2D eigenvalue weighted by Crippen LogP contribution is -2.01. The van der Waals surface area contributed by atoms with E-state index in [0.29, 0.717) is 0 Å². The smallest absolute Gasteiger partial charge is 0.340 e. The highest BCUT2D eigenvalue weighted by Crippen LogP contribution is 2.17. The van der Waals surface area contributed by atoms with Crippen LogP contribution in [0.1, 0.15) is 5.56 Å². The predicted molar refractivity (Wildman–Crippen MR) is 67.4 cm³/mol. The second kappa shape index (κ2) is 6.62. The molecule has 1 aromatic carbocycles. The molecule has 0 atom stereocenters. The molecular weight excluding hydrogens is 238 g/mol. The molecule has 88 valence electrons. The summed E-state index contributed by atoms with van der Waals surface area (Å²) in [5.74, 6) is -0.656. The number of hydrogen-bond donors (Lipinski definition) is 0. The zero-order chi connectivity index (χ0) is 12.7. The number of ether oxygens (including phenoxy) is 1. The van der Waals surface area contributed by atoms with Gasteiger partial charge in [-0.15, -0.1) is 11.8 Å². The molecule has 0 N–H and O–H groups in total. The minimum atomic E-state index is -0.656. The summed E-state index contributed by atoms with van der Waals surface area (Å²) in [5.41, 5.74) is 9.06. The van der Waals surface area contributed by atoms with E-state index in [1.165, 1.54) is 13.2 Å². The molecule has 0 radical (unpaired) electrons. The van der Waals surface area contributed by atoms with Crippen LogP contribution in [-0.4, -0.2) is 19.3 Å². The number of thioether (sulfide) groups is 1. The summed E-state index contributed by atoms with van der Waals surface area (Å²) >= 11 is 1.62. The number of esters is 1. The van der Waals surface area contributed by atoms with E-state index >= 15 is 0 Å². The summed E-state index contributed by atoms with van der Waals surface area (Å²) in [6.45, 7) is 0. The van der Waals surface area contributed by atoms with Crippen LogP contribution in [0.15, 0.2) is 40.0 Å². The van der Waals surface area contributed by atoms with Crippen molar-refractivity contribution in [3.63, 3.8) is 0 Å². The number of carbonyl (C=O) groups excluding carboxylic acids is 1. The average molecular weight is 249 g/mol. The van der Waals surface area contributed by atoms with E-state index in [4.69, 9.17) is 5.53 Å². The Morgan fingerprint density at radius 2 is 2.12 bits per heavy atom. The van der Waals surface area contributed by atoms with Crippen molar-refractivity contribution in [3.8, 4) is 0 Å². The van der Waals surface area contributed by atoms with Crippen molar-refractivity contribution in [2.45, 2.75) is 4.90 Å². The molecule has 0 saturated heterocycles. The van der Waals surface area contributed by atoms with E-state index in [1.54, 1.807) is 11.8 Å². The Labute approximate surface area is 103 Å². The number of azide groups is 1. The lowest BCUT2D eigenvalue weighted by Gasteiger charge is -2.00. The van der Waals surface area contributed by atoms with Crippen molar-refractivity contribution in [2.24, 2.45) is 5.11 Å². The van der Waals surface area contributed by atoms with Gasteiger partial charge in [0.25, 0.3) is 0 Å². The molecule has 0 spiro atoms. The zero-order valence-electron chi connectivity index (χ0n) is 9.45. The van der Waals surface area contributed by atoms with Gasteiger partial charge in [-0.1, -0.05) is 17.2 Å². The Kier molecular flexibility index (Phi) is 5.13. The Hall–Kier alpha value is -1.91. The minimum absolute atomic E-state index is 0.0631. The molecule has 6 heteroatoms. The third-order valence-corrected chi connectivity index (χ3v) is 2.71. The number of benzene rings is 1. The van der Waals surface area contributed by atoms with Crippen molar-refractivity contribution in [1.82, 2.24) is 0 Å². The van der Waals surface area contributed by atoms with Crippen molar-refractivity contribution >= 4 is 23.8 Å². The topological polar surface area (TPSA) is 75.1 Å². The highest BCUT2D eigenvalue weighted by molar-refractivity contribution is 7.98. The minimum Gasteiger partial charge on any atom is -0.466 e. The van der Waals surface area contributed by atoms with Crippen molar-refractivity contribution in [3.05, 3.63) is 46.0 Å². The molecule has 0 aliphatic carbocycles. The Morgan fingerprint density at radius 1 is 1.47 bits per heavy atom. The normalized spacial score (nSPS) is 10.6. The summed E-state index contributed by atoms with van der Waals surface area (Å²) in [6.07, 6.45) is 3.46. The molecule has 17 heavy (non-hydrogen) atoms. The maximum absolute atomic E-state index is 11.3. The van der Waals surface area contributed by atoms with Gasteiger partial charge in [-0.25, -0.2) is 4.79 Å². The van der Waals surface area contributed by atoms with E-state index < -0.39 is 5.97 Å². The van der Waals surface area contributed by atoms with Crippen LogP contribution >= 0.6 is 11.8 Å². The fraction of sp³-hybridized carbons (Fsp3) is 0.182. The van der Waals surface area contributed by atoms with E-state index in [-0.39, 0.29) is 5.70 Å². The second-order valence-corrected chi connectivity index (χ2v) is 3.86. The SMILES string of the molecule is COC(=O)/C(=C/c1ccc(SC)cc1)N=[N+]=[N-].